The Morgan fingerprint density at radius 1 is 1.12 bits per heavy atom. The van der Waals surface area contributed by atoms with Gasteiger partial charge in [-0.15, -0.1) is 0 Å². The van der Waals surface area contributed by atoms with Crippen molar-refractivity contribution in [2.75, 3.05) is 0 Å². The van der Waals surface area contributed by atoms with E-state index in [2.05, 4.69) is 10.3 Å². The number of aromatic nitrogens is 1. The highest BCUT2D eigenvalue weighted by molar-refractivity contribution is 5.17. The van der Waals surface area contributed by atoms with Crippen molar-refractivity contribution in [3.63, 3.8) is 0 Å². The summed E-state index contributed by atoms with van der Waals surface area (Å²) in [4.78, 5) is 4.28. The second-order valence-corrected chi connectivity index (χ2v) is 4.02. The summed E-state index contributed by atoms with van der Waals surface area (Å²) >= 11 is 0. The van der Waals surface area contributed by atoms with Gasteiger partial charge in [-0.1, -0.05) is 24.3 Å². The molecule has 0 saturated carbocycles. The molecule has 0 atom stereocenters. The SMILES string of the molecule is Cc1ccc(CNCc2ccccc2F)nc1. The lowest BCUT2D eigenvalue weighted by Crippen LogP contribution is -2.14. The smallest absolute Gasteiger partial charge is 0.127 e. The van der Waals surface area contributed by atoms with Crippen LogP contribution in [0.15, 0.2) is 42.6 Å². The van der Waals surface area contributed by atoms with Crippen molar-refractivity contribution in [3.8, 4) is 0 Å². The highest BCUT2D eigenvalue weighted by Crippen LogP contribution is 2.06. The Bertz CT molecular complexity index is 480. The van der Waals surface area contributed by atoms with Crippen LogP contribution in [0.3, 0.4) is 0 Å². The van der Waals surface area contributed by atoms with Gasteiger partial charge < -0.3 is 5.32 Å². The largest absolute Gasteiger partial charge is 0.307 e. The number of nitrogens with zero attached hydrogens (tertiary/aromatic N) is 1. The molecule has 1 N–H and O–H groups in total. The molecule has 0 unspecified atom stereocenters. The van der Waals surface area contributed by atoms with Crippen LogP contribution in [0.1, 0.15) is 16.8 Å². The number of hydrogen-bond donors (Lipinski definition) is 1. The third-order valence-electron chi connectivity index (χ3n) is 2.55. The summed E-state index contributed by atoms with van der Waals surface area (Å²) in [5.74, 6) is -0.170. The lowest BCUT2D eigenvalue weighted by molar-refractivity contribution is 0.586. The molecule has 17 heavy (non-hydrogen) atoms. The van der Waals surface area contributed by atoms with Crippen molar-refractivity contribution >= 4 is 0 Å². The van der Waals surface area contributed by atoms with Gasteiger partial charge in [-0.3, -0.25) is 4.98 Å². The van der Waals surface area contributed by atoms with Crippen LogP contribution in [0, 0.1) is 12.7 Å². The van der Waals surface area contributed by atoms with Gasteiger partial charge in [0.2, 0.25) is 0 Å². The van der Waals surface area contributed by atoms with Crippen LogP contribution in [0.2, 0.25) is 0 Å². The van der Waals surface area contributed by atoms with Gasteiger partial charge in [0, 0.05) is 24.8 Å². The van der Waals surface area contributed by atoms with E-state index in [0.29, 0.717) is 18.7 Å². The fraction of sp³-hybridized carbons (Fsp3) is 0.214. The Kier molecular flexibility index (Phi) is 3.83. The van der Waals surface area contributed by atoms with Crippen LogP contribution >= 0.6 is 0 Å². The molecule has 1 aromatic carbocycles. The van der Waals surface area contributed by atoms with Crippen LogP contribution in [-0.4, -0.2) is 4.98 Å². The number of pyridine rings is 1. The van der Waals surface area contributed by atoms with Crippen molar-refractivity contribution in [3.05, 3.63) is 65.2 Å². The molecule has 0 aliphatic rings. The van der Waals surface area contributed by atoms with Gasteiger partial charge in [-0.05, 0) is 24.6 Å². The van der Waals surface area contributed by atoms with Crippen LogP contribution in [0.5, 0.6) is 0 Å². The molecule has 2 nitrogen and oxygen atoms in total. The Labute approximate surface area is 101 Å². The van der Waals surface area contributed by atoms with E-state index in [-0.39, 0.29) is 5.82 Å². The highest BCUT2D eigenvalue weighted by atomic mass is 19.1. The Balaban J connectivity index is 1.88. The average Bonchev–Trinajstić information content (AvgIpc) is 2.34. The molecule has 1 aromatic heterocycles. The minimum absolute atomic E-state index is 0.170. The first-order chi connectivity index (χ1) is 8.25. The van der Waals surface area contributed by atoms with Crippen molar-refractivity contribution in [2.24, 2.45) is 0 Å². The van der Waals surface area contributed by atoms with E-state index in [4.69, 9.17) is 0 Å². The Morgan fingerprint density at radius 2 is 1.94 bits per heavy atom. The molecule has 0 radical (unpaired) electrons. The summed E-state index contributed by atoms with van der Waals surface area (Å²) < 4.78 is 13.3. The predicted molar refractivity (Wildman–Crippen MR) is 65.9 cm³/mol. The number of rotatable bonds is 4. The summed E-state index contributed by atoms with van der Waals surface area (Å²) in [6.45, 7) is 3.17. The molecule has 2 aromatic rings. The molecule has 0 spiro atoms. The van der Waals surface area contributed by atoms with E-state index >= 15 is 0 Å². The van der Waals surface area contributed by atoms with Gasteiger partial charge in [-0.25, -0.2) is 4.39 Å². The third kappa shape index (κ3) is 3.36. The van der Waals surface area contributed by atoms with Crippen LogP contribution in [-0.2, 0) is 13.1 Å². The molecule has 0 bridgehead atoms. The fourth-order valence-corrected chi connectivity index (χ4v) is 1.57. The average molecular weight is 230 g/mol. The van der Waals surface area contributed by atoms with Crippen LogP contribution in [0.25, 0.3) is 0 Å². The second kappa shape index (κ2) is 5.55. The maximum absolute atomic E-state index is 13.3. The van der Waals surface area contributed by atoms with Crippen LogP contribution < -0.4 is 5.32 Å². The van der Waals surface area contributed by atoms with Crippen LogP contribution in [0.4, 0.5) is 4.39 Å². The highest BCUT2D eigenvalue weighted by Gasteiger charge is 2.00. The van der Waals surface area contributed by atoms with E-state index in [1.54, 1.807) is 12.1 Å². The van der Waals surface area contributed by atoms with E-state index in [0.717, 1.165) is 11.3 Å². The minimum Gasteiger partial charge on any atom is -0.307 e. The predicted octanol–water partition coefficient (Wildman–Crippen LogP) is 2.82. The van der Waals surface area contributed by atoms with Gasteiger partial charge in [-0.2, -0.15) is 0 Å². The standard InChI is InChI=1S/C14H15FN2/c1-11-6-7-13(17-8-11)10-16-9-12-4-2-3-5-14(12)15/h2-8,16H,9-10H2,1H3. The molecular weight excluding hydrogens is 215 g/mol. The molecule has 0 saturated heterocycles. The summed E-state index contributed by atoms with van der Waals surface area (Å²) in [6.07, 6.45) is 1.83. The van der Waals surface area contributed by atoms with E-state index < -0.39 is 0 Å². The lowest BCUT2D eigenvalue weighted by atomic mass is 10.2. The first kappa shape index (κ1) is 11.7. The molecule has 2 rings (SSSR count). The quantitative estimate of drug-likeness (QED) is 0.873. The minimum atomic E-state index is -0.170. The normalized spacial score (nSPS) is 10.5. The van der Waals surface area contributed by atoms with Gasteiger partial charge in [0.1, 0.15) is 5.82 Å². The van der Waals surface area contributed by atoms with E-state index in [1.165, 1.54) is 6.07 Å². The summed E-state index contributed by atoms with van der Waals surface area (Å²) in [5.41, 5.74) is 2.79. The monoisotopic (exact) mass is 230 g/mol. The molecule has 0 aliphatic heterocycles. The van der Waals surface area contributed by atoms with Gasteiger partial charge in [0.25, 0.3) is 0 Å². The van der Waals surface area contributed by atoms with Crippen molar-refractivity contribution in [1.82, 2.24) is 10.3 Å². The molecule has 0 aliphatic carbocycles. The molecule has 3 heteroatoms. The maximum atomic E-state index is 13.3. The maximum Gasteiger partial charge on any atom is 0.127 e. The zero-order valence-electron chi connectivity index (χ0n) is 9.78. The van der Waals surface area contributed by atoms with Gasteiger partial charge >= 0.3 is 0 Å². The first-order valence-electron chi connectivity index (χ1n) is 5.61. The molecular formula is C14H15FN2. The zero-order chi connectivity index (χ0) is 12.1. The second-order valence-electron chi connectivity index (χ2n) is 4.02. The number of aryl methyl sites for hydroxylation is 1. The summed E-state index contributed by atoms with van der Waals surface area (Å²) in [5, 5.41) is 3.18. The number of hydrogen-bond acceptors (Lipinski definition) is 2. The number of benzene rings is 1. The lowest BCUT2D eigenvalue weighted by Gasteiger charge is -2.05. The Morgan fingerprint density at radius 3 is 2.65 bits per heavy atom. The Hall–Kier alpha value is -1.74. The van der Waals surface area contributed by atoms with Gasteiger partial charge in [0.15, 0.2) is 0 Å². The topological polar surface area (TPSA) is 24.9 Å². The molecule has 1 heterocycles. The first-order valence-corrected chi connectivity index (χ1v) is 5.61. The fourth-order valence-electron chi connectivity index (χ4n) is 1.57. The number of nitrogens with one attached hydrogen (secondary N) is 1. The van der Waals surface area contributed by atoms with Gasteiger partial charge in [0.05, 0.1) is 5.69 Å². The van der Waals surface area contributed by atoms with E-state index in [1.807, 2.05) is 31.3 Å². The summed E-state index contributed by atoms with van der Waals surface area (Å²) in [7, 11) is 0. The molecule has 88 valence electrons. The van der Waals surface area contributed by atoms with Crippen molar-refractivity contribution < 1.29 is 4.39 Å². The summed E-state index contributed by atoms with van der Waals surface area (Å²) in [6, 6.07) is 10.8. The van der Waals surface area contributed by atoms with E-state index in [9.17, 15) is 4.39 Å². The molecule has 0 fully saturated rings. The third-order valence-corrected chi connectivity index (χ3v) is 2.55. The van der Waals surface area contributed by atoms with Crippen molar-refractivity contribution in [1.29, 1.82) is 0 Å². The van der Waals surface area contributed by atoms with Crippen molar-refractivity contribution in [2.45, 2.75) is 20.0 Å². The zero-order valence-corrected chi connectivity index (χ0v) is 9.78. The molecule has 0 amide bonds. The number of halogens is 1.